The molecule has 0 amide bonds. The molecule has 0 saturated carbocycles. The fourth-order valence-corrected chi connectivity index (χ4v) is 0.584. The Labute approximate surface area is 58.6 Å². The van der Waals surface area contributed by atoms with Crippen LogP contribution in [0.25, 0.3) is 0 Å². The third kappa shape index (κ3) is 1.44. The molecule has 0 aliphatic heterocycles. The first-order valence-electron chi connectivity index (χ1n) is 2.38. The molecular weight excluding hydrogens is 132 g/mol. The van der Waals surface area contributed by atoms with Crippen molar-refractivity contribution in [2.75, 3.05) is 0 Å². The van der Waals surface area contributed by atoms with Crippen LogP contribution >= 0.6 is 12.6 Å². The van der Waals surface area contributed by atoms with E-state index in [9.17, 15) is 0 Å². The third-order valence-electron chi connectivity index (χ3n) is 0.862. The lowest BCUT2D eigenvalue weighted by Crippen LogP contribution is -1.78. The van der Waals surface area contributed by atoms with Gasteiger partial charge >= 0.3 is 0 Å². The normalized spacial score (nSPS) is 8.44. The minimum absolute atomic E-state index is 0.424. The standard InChI is InChI=1S/C6H4N2S/c7-3-5-1-2-6(9)4-8-5/h1-2,4,9H. The highest BCUT2D eigenvalue weighted by atomic mass is 32.1. The predicted octanol–water partition coefficient (Wildman–Crippen LogP) is 1.24. The number of aromatic nitrogens is 1. The van der Waals surface area contributed by atoms with E-state index in [1.54, 1.807) is 18.3 Å². The molecule has 1 aromatic heterocycles. The van der Waals surface area contributed by atoms with Gasteiger partial charge in [-0.05, 0) is 12.1 Å². The van der Waals surface area contributed by atoms with Crippen molar-refractivity contribution in [2.45, 2.75) is 4.90 Å². The van der Waals surface area contributed by atoms with Gasteiger partial charge in [0.25, 0.3) is 0 Å². The number of hydrogen-bond acceptors (Lipinski definition) is 3. The minimum atomic E-state index is 0.424. The van der Waals surface area contributed by atoms with E-state index in [1.807, 2.05) is 6.07 Å². The molecule has 0 radical (unpaired) electrons. The van der Waals surface area contributed by atoms with Crippen molar-refractivity contribution in [1.29, 1.82) is 5.26 Å². The summed E-state index contributed by atoms with van der Waals surface area (Å²) >= 11 is 4.00. The lowest BCUT2D eigenvalue weighted by atomic mass is 10.4. The van der Waals surface area contributed by atoms with Crippen molar-refractivity contribution >= 4 is 12.6 Å². The van der Waals surface area contributed by atoms with Crippen LogP contribution in [-0.4, -0.2) is 4.98 Å². The number of hydrogen-bond donors (Lipinski definition) is 1. The minimum Gasteiger partial charge on any atom is -0.244 e. The molecule has 0 atom stereocenters. The van der Waals surface area contributed by atoms with Crippen molar-refractivity contribution in [3.63, 3.8) is 0 Å². The maximum absolute atomic E-state index is 8.29. The molecule has 0 fully saturated rings. The van der Waals surface area contributed by atoms with Gasteiger partial charge < -0.3 is 0 Å². The highest BCUT2D eigenvalue weighted by Crippen LogP contribution is 2.02. The Balaban J connectivity index is 3.06. The number of rotatable bonds is 0. The molecule has 2 nitrogen and oxygen atoms in total. The van der Waals surface area contributed by atoms with Gasteiger partial charge in [0, 0.05) is 11.1 Å². The predicted molar refractivity (Wildman–Crippen MR) is 36.2 cm³/mol. The SMILES string of the molecule is N#Cc1ccc(S)cn1. The van der Waals surface area contributed by atoms with Crippen LogP contribution in [0.5, 0.6) is 0 Å². The largest absolute Gasteiger partial charge is 0.244 e. The van der Waals surface area contributed by atoms with Crippen LogP contribution in [0, 0.1) is 11.3 Å². The first kappa shape index (κ1) is 6.12. The third-order valence-corrected chi connectivity index (χ3v) is 1.13. The maximum Gasteiger partial charge on any atom is 0.140 e. The molecule has 1 heterocycles. The van der Waals surface area contributed by atoms with Crippen LogP contribution in [0.3, 0.4) is 0 Å². The molecule has 0 spiro atoms. The molecule has 44 valence electrons. The Morgan fingerprint density at radius 1 is 1.56 bits per heavy atom. The molecular formula is C6H4N2S. The summed E-state index contributed by atoms with van der Waals surface area (Å²) in [5, 5.41) is 8.29. The molecule has 0 bridgehead atoms. The summed E-state index contributed by atoms with van der Waals surface area (Å²) in [4.78, 5) is 4.53. The summed E-state index contributed by atoms with van der Waals surface area (Å²) in [5.74, 6) is 0. The fraction of sp³-hybridized carbons (Fsp3) is 0. The quantitative estimate of drug-likeness (QED) is 0.545. The van der Waals surface area contributed by atoms with E-state index in [0.717, 1.165) is 4.90 Å². The highest BCUT2D eigenvalue weighted by Gasteiger charge is 1.87. The Hall–Kier alpha value is -1.01. The van der Waals surface area contributed by atoms with Crippen molar-refractivity contribution in [3.05, 3.63) is 24.0 Å². The average Bonchev–Trinajstić information content (AvgIpc) is 1.90. The van der Waals surface area contributed by atoms with E-state index < -0.39 is 0 Å². The topological polar surface area (TPSA) is 36.7 Å². The molecule has 1 rings (SSSR count). The first-order valence-corrected chi connectivity index (χ1v) is 2.83. The number of thiol groups is 1. The van der Waals surface area contributed by atoms with Gasteiger partial charge in [-0.15, -0.1) is 12.6 Å². The molecule has 0 unspecified atom stereocenters. The van der Waals surface area contributed by atoms with Crippen LogP contribution in [0.1, 0.15) is 5.69 Å². The van der Waals surface area contributed by atoms with E-state index in [1.165, 1.54) is 0 Å². The van der Waals surface area contributed by atoms with Gasteiger partial charge in [-0.25, -0.2) is 4.98 Å². The number of nitriles is 1. The molecule has 0 aliphatic carbocycles. The van der Waals surface area contributed by atoms with Gasteiger partial charge in [-0.1, -0.05) is 0 Å². The van der Waals surface area contributed by atoms with Gasteiger partial charge in [0.15, 0.2) is 0 Å². The van der Waals surface area contributed by atoms with Crippen molar-refractivity contribution in [3.8, 4) is 6.07 Å². The summed E-state index contributed by atoms with van der Waals surface area (Å²) in [5.41, 5.74) is 0.424. The summed E-state index contributed by atoms with van der Waals surface area (Å²) in [7, 11) is 0. The monoisotopic (exact) mass is 136 g/mol. The summed E-state index contributed by atoms with van der Waals surface area (Å²) in [6, 6.07) is 5.27. The Bertz CT molecular complexity index is 234. The van der Waals surface area contributed by atoms with E-state index in [2.05, 4.69) is 17.6 Å². The second-order valence-corrected chi connectivity index (χ2v) is 2.03. The van der Waals surface area contributed by atoms with Crippen molar-refractivity contribution in [2.24, 2.45) is 0 Å². The first-order chi connectivity index (χ1) is 4.33. The maximum atomic E-state index is 8.29. The zero-order chi connectivity index (χ0) is 6.69. The van der Waals surface area contributed by atoms with Crippen LogP contribution in [0.4, 0.5) is 0 Å². The van der Waals surface area contributed by atoms with E-state index in [4.69, 9.17) is 5.26 Å². The van der Waals surface area contributed by atoms with Crippen molar-refractivity contribution in [1.82, 2.24) is 4.98 Å². The Morgan fingerprint density at radius 2 is 2.33 bits per heavy atom. The van der Waals surface area contributed by atoms with Crippen LogP contribution in [-0.2, 0) is 0 Å². The van der Waals surface area contributed by atoms with Crippen LogP contribution in [0.15, 0.2) is 23.2 Å². The summed E-state index contributed by atoms with van der Waals surface area (Å²) in [6.07, 6.45) is 1.54. The number of pyridine rings is 1. The molecule has 1 aromatic rings. The lowest BCUT2D eigenvalue weighted by Gasteiger charge is -1.86. The number of nitrogens with zero attached hydrogens (tertiary/aromatic N) is 2. The molecule has 3 heteroatoms. The molecule has 9 heavy (non-hydrogen) atoms. The highest BCUT2D eigenvalue weighted by molar-refractivity contribution is 7.80. The van der Waals surface area contributed by atoms with Gasteiger partial charge in [-0.2, -0.15) is 5.26 Å². The van der Waals surface area contributed by atoms with Gasteiger partial charge in [0.1, 0.15) is 11.8 Å². The second-order valence-electron chi connectivity index (χ2n) is 1.51. The molecule has 0 N–H and O–H groups in total. The van der Waals surface area contributed by atoms with E-state index in [0.29, 0.717) is 5.69 Å². The Morgan fingerprint density at radius 3 is 2.78 bits per heavy atom. The average molecular weight is 136 g/mol. The zero-order valence-corrected chi connectivity index (χ0v) is 5.47. The summed E-state index contributed by atoms with van der Waals surface area (Å²) < 4.78 is 0. The van der Waals surface area contributed by atoms with E-state index in [-0.39, 0.29) is 0 Å². The molecule has 0 aromatic carbocycles. The van der Waals surface area contributed by atoms with E-state index >= 15 is 0 Å². The molecule has 0 saturated heterocycles. The fourth-order valence-electron chi connectivity index (χ4n) is 0.452. The van der Waals surface area contributed by atoms with Gasteiger partial charge in [0.05, 0.1) is 0 Å². The van der Waals surface area contributed by atoms with Crippen LogP contribution in [0.2, 0.25) is 0 Å². The van der Waals surface area contributed by atoms with Gasteiger partial charge in [-0.3, -0.25) is 0 Å². The Kier molecular flexibility index (Phi) is 1.71. The zero-order valence-electron chi connectivity index (χ0n) is 4.57. The summed E-state index contributed by atoms with van der Waals surface area (Å²) in [6.45, 7) is 0. The van der Waals surface area contributed by atoms with Crippen molar-refractivity contribution < 1.29 is 0 Å². The molecule has 0 aliphatic rings. The second kappa shape index (κ2) is 2.51. The lowest BCUT2D eigenvalue weighted by molar-refractivity contribution is 1.20. The van der Waals surface area contributed by atoms with Gasteiger partial charge in [0.2, 0.25) is 0 Å². The smallest absolute Gasteiger partial charge is 0.140 e. The van der Waals surface area contributed by atoms with Crippen LogP contribution < -0.4 is 0 Å².